The van der Waals surface area contributed by atoms with Crippen molar-refractivity contribution < 1.29 is 19.3 Å². The van der Waals surface area contributed by atoms with Crippen molar-refractivity contribution in [3.63, 3.8) is 0 Å². The first-order chi connectivity index (χ1) is 8.56. The number of alkyl halides is 1. The number of aliphatic hydroxyl groups excluding tert-OH is 2. The lowest BCUT2D eigenvalue weighted by atomic mass is 10.2. The highest BCUT2D eigenvalue weighted by Gasteiger charge is 2.36. The van der Waals surface area contributed by atoms with Gasteiger partial charge in [0.15, 0.2) is 0 Å². The molecule has 1 saturated heterocycles. The lowest BCUT2D eigenvalue weighted by Gasteiger charge is -2.15. The van der Waals surface area contributed by atoms with Gasteiger partial charge in [-0.25, -0.2) is 9.18 Å². The number of nitrogens with two attached hydrogens (primary N) is 1. The number of nitrogen functional groups attached to an aromatic ring is 1. The van der Waals surface area contributed by atoms with E-state index in [2.05, 4.69) is 4.98 Å². The minimum Gasteiger partial charge on any atom is -0.394 e. The van der Waals surface area contributed by atoms with Crippen LogP contribution < -0.4 is 11.4 Å². The first kappa shape index (κ1) is 12.9. The van der Waals surface area contributed by atoms with E-state index in [1.165, 1.54) is 6.20 Å². The van der Waals surface area contributed by atoms with E-state index in [0.717, 1.165) is 4.57 Å². The zero-order valence-corrected chi connectivity index (χ0v) is 9.49. The molecule has 8 heteroatoms. The molecule has 0 unspecified atom stereocenters. The fourth-order valence-corrected chi connectivity index (χ4v) is 1.87. The van der Waals surface area contributed by atoms with Crippen LogP contribution in [0.2, 0.25) is 0 Å². The van der Waals surface area contributed by atoms with Crippen LogP contribution in [0.25, 0.3) is 0 Å². The zero-order chi connectivity index (χ0) is 13.3. The third kappa shape index (κ3) is 2.22. The minimum atomic E-state index is -1.35. The Bertz CT molecular complexity index is 493. The summed E-state index contributed by atoms with van der Waals surface area (Å²) in [4.78, 5) is 15.1. The number of hydrogen-bond donors (Lipinski definition) is 3. The summed E-state index contributed by atoms with van der Waals surface area (Å²) in [6, 6.07) is 0. The molecule has 2 heterocycles. The fourth-order valence-electron chi connectivity index (χ4n) is 1.87. The molecule has 1 aromatic rings. The Morgan fingerprint density at radius 1 is 1.61 bits per heavy atom. The second-order valence-corrected chi connectivity index (χ2v) is 4.06. The van der Waals surface area contributed by atoms with E-state index < -0.39 is 30.8 Å². The van der Waals surface area contributed by atoms with Crippen LogP contribution in [0, 0.1) is 0 Å². The predicted octanol–water partition coefficient (Wildman–Crippen LogP) is -1.06. The molecule has 0 spiro atoms. The number of ether oxygens (including phenoxy) is 1. The molecule has 0 radical (unpaired) electrons. The normalized spacial score (nSPS) is 27.6. The van der Waals surface area contributed by atoms with Gasteiger partial charge in [0.2, 0.25) is 0 Å². The number of nitrogens with zero attached hydrogens (tertiary/aromatic N) is 2. The highest BCUT2D eigenvalue weighted by atomic mass is 19.1. The molecule has 18 heavy (non-hydrogen) atoms. The molecule has 4 N–H and O–H groups in total. The second kappa shape index (κ2) is 5.01. The quantitative estimate of drug-likeness (QED) is 0.638. The predicted molar refractivity (Wildman–Crippen MR) is 59.3 cm³/mol. The van der Waals surface area contributed by atoms with Crippen LogP contribution in [0.15, 0.2) is 11.0 Å². The molecule has 1 aliphatic rings. The number of hydrogen-bond acceptors (Lipinski definition) is 6. The van der Waals surface area contributed by atoms with Gasteiger partial charge in [-0.2, -0.15) is 4.98 Å². The SMILES string of the molecule is Nc1nc(=O)n([C@H]2C[C@H](F)[C@@H](CO)O2)cc1CO. The Labute approximate surface area is 102 Å². The maximum absolute atomic E-state index is 13.4. The average Bonchev–Trinajstić information content (AvgIpc) is 2.70. The molecular weight excluding hydrogens is 245 g/mol. The number of rotatable bonds is 3. The summed E-state index contributed by atoms with van der Waals surface area (Å²) >= 11 is 0. The summed E-state index contributed by atoms with van der Waals surface area (Å²) in [6.07, 6.45) is -1.90. The molecule has 1 aromatic heterocycles. The van der Waals surface area contributed by atoms with E-state index in [0.29, 0.717) is 0 Å². The number of halogens is 1. The molecule has 0 aliphatic carbocycles. The lowest BCUT2D eigenvalue weighted by molar-refractivity contribution is -0.0356. The van der Waals surface area contributed by atoms with E-state index in [4.69, 9.17) is 20.7 Å². The van der Waals surface area contributed by atoms with Crippen LogP contribution in [0.3, 0.4) is 0 Å². The van der Waals surface area contributed by atoms with Gasteiger partial charge >= 0.3 is 5.69 Å². The van der Waals surface area contributed by atoms with Crippen LogP contribution >= 0.6 is 0 Å². The molecule has 2 rings (SSSR count). The van der Waals surface area contributed by atoms with Gasteiger partial charge in [0.05, 0.1) is 13.2 Å². The summed E-state index contributed by atoms with van der Waals surface area (Å²) in [5.41, 5.74) is 5.03. The van der Waals surface area contributed by atoms with Crippen molar-refractivity contribution in [2.75, 3.05) is 12.3 Å². The van der Waals surface area contributed by atoms with E-state index in [1.807, 2.05) is 0 Å². The Kier molecular flexibility index (Phi) is 3.60. The Morgan fingerprint density at radius 2 is 2.33 bits per heavy atom. The van der Waals surface area contributed by atoms with Gasteiger partial charge in [-0.05, 0) is 0 Å². The summed E-state index contributed by atoms with van der Waals surface area (Å²) < 4.78 is 19.7. The van der Waals surface area contributed by atoms with Crippen molar-refractivity contribution in [2.24, 2.45) is 0 Å². The third-order valence-electron chi connectivity index (χ3n) is 2.88. The zero-order valence-electron chi connectivity index (χ0n) is 9.49. The third-order valence-corrected chi connectivity index (χ3v) is 2.88. The van der Waals surface area contributed by atoms with Gasteiger partial charge in [0.1, 0.15) is 24.3 Å². The topological polar surface area (TPSA) is 111 Å². The first-order valence-corrected chi connectivity index (χ1v) is 5.45. The average molecular weight is 259 g/mol. The first-order valence-electron chi connectivity index (χ1n) is 5.45. The van der Waals surface area contributed by atoms with Crippen molar-refractivity contribution in [3.05, 3.63) is 22.2 Å². The molecule has 0 bridgehead atoms. The van der Waals surface area contributed by atoms with Crippen LogP contribution in [0.4, 0.5) is 10.2 Å². The van der Waals surface area contributed by atoms with Crippen molar-refractivity contribution in [3.8, 4) is 0 Å². The van der Waals surface area contributed by atoms with Crippen LogP contribution in [0.1, 0.15) is 18.2 Å². The standard InChI is InChI=1S/C10H14FN3O4/c11-6-1-8(18-7(6)4-16)14-2-5(3-15)9(12)13-10(14)17/h2,6-8,15-16H,1,3-4H2,(H2,12,13,17)/t6-,7+,8+/m0/s1. The number of aliphatic hydroxyl groups is 2. The summed E-state index contributed by atoms with van der Waals surface area (Å²) in [6.45, 7) is -0.837. The van der Waals surface area contributed by atoms with Crippen molar-refractivity contribution in [1.29, 1.82) is 0 Å². The van der Waals surface area contributed by atoms with Gasteiger partial charge in [-0.3, -0.25) is 4.57 Å². The largest absolute Gasteiger partial charge is 0.394 e. The highest BCUT2D eigenvalue weighted by molar-refractivity contribution is 5.36. The van der Waals surface area contributed by atoms with E-state index in [1.54, 1.807) is 0 Å². The van der Waals surface area contributed by atoms with Gasteiger partial charge in [-0.1, -0.05) is 0 Å². The second-order valence-electron chi connectivity index (χ2n) is 4.06. The summed E-state index contributed by atoms with van der Waals surface area (Å²) in [5, 5.41) is 17.9. The molecule has 1 fully saturated rings. The molecular formula is C10H14FN3O4. The Hall–Kier alpha value is -1.51. The summed E-state index contributed by atoms with van der Waals surface area (Å²) in [5.74, 6) is -0.0627. The van der Waals surface area contributed by atoms with Gasteiger partial charge < -0.3 is 20.7 Å². The van der Waals surface area contributed by atoms with Gasteiger partial charge in [-0.15, -0.1) is 0 Å². The molecule has 1 aliphatic heterocycles. The fraction of sp³-hybridized carbons (Fsp3) is 0.600. The van der Waals surface area contributed by atoms with Crippen LogP contribution in [0.5, 0.6) is 0 Å². The van der Waals surface area contributed by atoms with E-state index in [9.17, 15) is 9.18 Å². The van der Waals surface area contributed by atoms with Gasteiger partial charge in [0.25, 0.3) is 0 Å². The summed E-state index contributed by atoms with van der Waals surface area (Å²) in [7, 11) is 0. The monoisotopic (exact) mass is 259 g/mol. The Balaban J connectivity index is 2.32. The molecule has 7 nitrogen and oxygen atoms in total. The number of aromatic nitrogens is 2. The minimum absolute atomic E-state index is 0.0540. The van der Waals surface area contributed by atoms with Crippen molar-refractivity contribution in [1.82, 2.24) is 9.55 Å². The molecule has 0 saturated carbocycles. The molecule has 0 aromatic carbocycles. The van der Waals surface area contributed by atoms with Gasteiger partial charge in [0, 0.05) is 18.2 Å². The van der Waals surface area contributed by atoms with Crippen molar-refractivity contribution in [2.45, 2.75) is 31.5 Å². The number of anilines is 1. The maximum atomic E-state index is 13.4. The van der Waals surface area contributed by atoms with E-state index in [-0.39, 0.29) is 24.4 Å². The Morgan fingerprint density at radius 3 is 2.89 bits per heavy atom. The van der Waals surface area contributed by atoms with Crippen LogP contribution in [-0.4, -0.2) is 38.6 Å². The van der Waals surface area contributed by atoms with Crippen LogP contribution in [-0.2, 0) is 11.3 Å². The smallest absolute Gasteiger partial charge is 0.351 e. The maximum Gasteiger partial charge on any atom is 0.351 e. The van der Waals surface area contributed by atoms with Crippen molar-refractivity contribution >= 4 is 5.82 Å². The highest BCUT2D eigenvalue weighted by Crippen LogP contribution is 2.29. The molecule has 0 amide bonds. The van der Waals surface area contributed by atoms with E-state index >= 15 is 0 Å². The molecule has 3 atom stereocenters. The molecule has 100 valence electrons. The lowest BCUT2D eigenvalue weighted by Crippen LogP contribution is -2.29.